The average Bonchev–Trinajstić information content (AvgIpc) is 2.98. The lowest BCUT2D eigenvalue weighted by Gasteiger charge is -2.26. The zero-order valence-electron chi connectivity index (χ0n) is 12.4. The van der Waals surface area contributed by atoms with E-state index in [4.69, 9.17) is 9.47 Å². The maximum atomic E-state index is 12.6. The fraction of sp³-hybridized carbons (Fsp3) is 0.846. The van der Waals surface area contributed by atoms with Crippen molar-refractivity contribution in [2.75, 3.05) is 46.5 Å². The second kappa shape index (κ2) is 6.53. The van der Waals surface area contributed by atoms with Crippen molar-refractivity contribution < 1.29 is 17.9 Å². The van der Waals surface area contributed by atoms with Crippen LogP contribution in [0.25, 0.3) is 0 Å². The van der Waals surface area contributed by atoms with E-state index < -0.39 is 15.3 Å². The second-order valence-electron chi connectivity index (χ2n) is 5.40. The first-order chi connectivity index (χ1) is 9.46. The van der Waals surface area contributed by atoms with Crippen molar-refractivity contribution in [2.45, 2.75) is 25.2 Å². The summed E-state index contributed by atoms with van der Waals surface area (Å²) in [7, 11) is -1.72. The van der Waals surface area contributed by atoms with Crippen molar-refractivity contribution in [3.63, 3.8) is 0 Å². The lowest BCUT2D eigenvalue weighted by Crippen LogP contribution is -2.43. The van der Waals surface area contributed by atoms with Crippen molar-refractivity contribution in [3.05, 3.63) is 11.1 Å². The first kappa shape index (κ1) is 15.9. The summed E-state index contributed by atoms with van der Waals surface area (Å²) in [5.74, 6) is 0. The molecule has 0 amide bonds. The number of nitrogens with zero attached hydrogens (tertiary/aromatic N) is 1. The Morgan fingerprint density at radius 3 is 2.35 bits per heavy atom. The van der Waals surface area contributed by atoms with Gasteiger partial charge in [0.15, 0.2) is 0 Å². The van der Waals surface area contributed by atoms with Crippen molar-refractivity contribution in [3.8, 4) is 0 Å². The molecule has 1 N–H and O–H groups in total. The van der Waals surface area contributed by atoms with Crippen LogP contribution in [0.15, 0.2) is 11.1 Å². The van der Waals surface area contributed by atoms with Crippen LogP contribution in [-0.4, -0.2) is 70.6 Å². The van der Waals surface area contributed by atoms with Gasteiger partial charge in [0.25, 0.3) is 0 Å². The highest BCUT2D eigenvalue weighted by Crippen LogP contribution is 2.26. The molecule has 0 saturated carbocycles. The van der Waals surface area contributed by atoms with E-state index in [0.717, 1.165) is 13.1 Å². The van der Waals surface area contributed by atoms with E-state index in [1.54, 1.807) is 25.3 Å². The Kier molecular flexibility index (Phi) is 5.19. The summed E-state index contributed by atoms with van der Waals surface area (Å²) in [6.07, 6.45) is -0.344. The first-order valence-corrected chi connectivity index (χ1v) is 8.47. The van der Waals surface area contributed by atoms with Crippen molar-refractivity contribution >= 4 is 10.0 Å². The van der Waals surface area contributed by atoms with Gasteiger partial charge in [0.2, 0.25) is 10.0 Å². The fourth-order valence-corrected chi connectivity index (χ4v) is 4.25. The number of nitrogens with one attached hydrogen (secondary N) is 1. The van der Waals surface area contributed by atoms with Crippen LogP contribution in [-0.2, 0) is 19.5 Å². The van der Waals surface area contributed by atoms with Crippen LogP contribution in [0.4, 0.5) is 0 Å². The van der Waals surface area contributed by atoms with E-state index in [-0.39, 0.29) is 6.10 Å². The molecule has 2 atom stereocenters. The monoisotopic (exact) mass is 304 g/mol. The quantitative estimate of drug-likeness (QED) is 0.528. The maximum absolute atomic E-state index is 12.6. The highest BCUT2D eigenvalue weighted by atomic mass is 32.2. The molecule has 0 radical (unpaired) electrons. The summed E-state index contributed by atoms with van der Waals surface area (Å²) in [6.45, 7) is 7.09. The molecule has 0 spiro atoms. The minimum Gasteiger partial charge on any atom is -0.382 e. The molecule has 0 aliphatic carbocycles. The smallest absolute Gasteiger partial charge is 0.219 e. The van der Waals surface area contributed by atoms with Gasteiger partial charge in [-0.15, -0.1) is 0 Å². The summed E-state index contributed by atoms with van der Waals surface area (Å²) >= 11 is 0. The van der Waals surface area contributed by atoms with Crippen molar-refractivity contribution in [1.82, 2.24) is 9.62 Å². The molecule has 2 aliphatic heterocycles. The van der Waals surface area contributed by atoms with Crippen LogP contribution in [0.5, 0.6) is 0 Å². The molecule has 0 bridgehead atoms. The van der Waals surface area contributed by atoms with Crippen LogP contribution in [0.2, 0.25) is 0 Å². The summed E-state index contributed by atoms with van der Waals surface area (Å²) in [5.41, 5.74) is 2.46. The van der Waals surface area contributed by atoms with Gasteiger partial charge in [0.1, 0.15) is 0 Å². The Morgan fingerprint density at radius 1 is 1.20 bits per heavy atom. The molecule has 2 heterocycles. The molecule has 2 aliphatic rings. The fourth-order valence-electron chi connectivity index (χ4n) is 2.54. The van der Waals surface area contributed by atoms with E-state index in [2.05, 4.69) is 5.32 Å². The Hall–Kier alpha value is -0.470. The van der Waals surface area contributed by atoms with E-state index in [1.807, 2.05) is 0 Å². The predicted octanol–water partition coefficient (Wildman–Crippen LogP) is -0.0284. The first-order valence-electron chi connectivity index (χ1n) is 6.96. The highest BCUT2D eigenvalue weighted by Gasteiger charge is 2.38. The second-order valence-corrected chi connectivity index (χ2v) is 7.69. The number of methoxy groups -OCH3 is 1. The minimum atomic E-state index is -3.32. The van der Waals surface area contributed by atoms with Crippen LogP contribution < -0.4 is 5.32 Å². The van der Waals surface area contributed by atoms with Crippen LogP contribution in [0.3, 0.4) is 0 Å². The molecule has 0 saturated heterocycles. The molecule has 6 nitrogen and oxygen atoms in total. The molecule has 1 unspecified atom stereocenters. The molecule has 116 valence electrons. The summed E-state index contributed by atoms with van der Waals surface area (Å²) in [5, 5.41) is 2.70. The molecule has 20 heavy (non-hydrogen) atoms. The number of rotatable bonds is 7. The lowest BCUT2D eigenvalue weighted by atomic mass is 10.2. The van der Waals surface area contributed by atoms with Crippen LogP contribution in [0.1, 0.15) is 13.8 Å². The van der Waals surface area contributed by atoms with E-state index in [1.165, 1.54) is 11.1 Å². The number of hydrogen-bond donors (Lipinski definition) is 1. The Balaban J connectivity index is 1.93. The van der Waals surface area contributed by atoms with Gasteiger partial charge >= 0.3 is 0 Å². The molecule has 0 aromatic heterocycles. The Bertz CT molecular complexity index is 459. The largest absolute Gasteiger partial charge is 0.382 e. The third-order valence-electron chi connectivity index (χ3n) is 4.07. The number of sulfonamides is 1. The summed E-state index contributed by atoms with van der Waals surface area (Å²) in [4.78, 5) is 0. The van der Waals surface area contributed by atoms with Gasteiger partial charge in [0, 0.05) is 33.3 Å². The third kappa shape index (κ3) is 3.23. The highest BCUT2D eigenvalue weighted by molar-refractivity contribution is 7.89. The zero-order valence-corrected chi connectivity index (χ0v) is 13.2. The predicted molar refractivity (Wildman–Crippen MR) is 77.1 cm³/mol. The van der Waals surface area contributed by atoms with Gasteiger partial charge in [-0.3, -0.25) is 0 Å². The van der Waals surface area contributed by atoms with Gasteiger partial charge in [0.05, 0.1) is 24.6 Å². The normalized spacial score (nSPS) is 23.1. The van der Waals surface area contributed by atoms with Gasteiger partial charge in [-0.1, -0.05) is 0 Å². The standard InChI is InChI=1S/C13H24N2O4S/c1-10(19-5-4-18-3)11(2)20(16,17)15-8-12-6-14-7-13(12)9-15/h10-11,14H,4-9H2,1-3H3/t10?,11-/m1/s1. The van der Waals surface area contributed by atoms with Crippen LogP contribution in [0, 0.1) is 0 Å². The summed E-state index contributed by atoms with van der Waals surface area (Å²) < 4.78 is 37.2. The topological polar surface area (TPSA) is 67.9 Å². The zero-order chi connectivity index (χ0) is 14.8. The van der Waals surface area contributed by atoms with E-state index in [9.17, 15) is 8.42 Å². The SMILES string of the molecule is COCCOC(C)[C@@H](C)S(=O)(=O)N1CC2=C(CNC2)C1. The maximum Gasteiger partial charge on any atom is 0.219 e. The molecule has 2 rings (SSSR count). The third-order valence-corrected chi connectivity index (χ3v) is 6.37. The average molecular weight is 304 g/mol. The van der Waals surface area contributed by atoms with Crippen molar-refractivity contribution in [2.24, 2.45) is 0 Å². The molecular formula is C13H24N2O4S. The molecule has 0 fully saturated rings. The van der Waals surface area contributed by atoms with Gasteiger partial charge < -0.3 is 14.8 Å². The van der Waals surface area contributed by atoms with Gasteiger partial charge in [-0.05, 0) is 25.0 Å². The number of ether oxygens (including phenoxy) is 2. The van der Waals surface area contributed by atoms with E-state index >= 15 is 0 Å². The van der Waals surface area contributed by atoms with Crippen molar-refractivity contribution in [1.29, 1.82) is 0 Å². The molecule has 0 aromatic rings. The molecule has 0 aromatic carbocycles. The minimum absolute atomic E-state index is 0.344. The van der Waals surface area contributed by atoms with Gasteiger partial charge in [-0.2, -0.15) is 4.31 Å². The van der Waals surface area contributed by atoms with Crippen LogP contribution >= 0.6 is 0 Å². The summed E-state index contributed by atoms with van der Waals surface area (Å²) in [6, 6.07) is 0. The van der Waals surface area contributed by atoms with E-state index in [0.29, 0.717) is 26.3 Å². The number of hydrogen-bond acceptors (Lipinski definition) is 5. The molecule has 7 heteroatoms. The molecular weight excluding hydrogens is 280 g/mol. The van der Waals surface area contributed by atoms with Gasteiger partial charge in [-0.25, -0.2) is 8.42 Å². The Morgan fingerprint density at radius 2 is 1.80 bits per heavy atom. The lowest BCUT2D eigenvalue weighted by molar-refractivity contribution is 0.0258. The Labute approximate surface area is 121 Å².